The summed E-state index contributed by atoms with van der Waals surface area (Å²) in [5, 5.41) is 0. The van der Waals surface area contributed by atoms with Crippen LogP contribution >= 0.6 is 0 Å². The van der Waals surface area contributed by atoms with Crippen LogP contribution in [0.15, 0.2) is 12.1 Å². The van der Waals surface area contributed by atoms with Crippen molar-refractivity contribution in [2.75, 3.05) is 13.1 Å². The predicted molar refractivity (Wildman–Crippen MR) is 69.6 cm³/mol. The van der Waals surface area contributed by atoms with Crippen LogP contribution < -0.4 is 0 Å². The van der Waals surface area contributed by atoms with Gasteiger partial charge in [0.15, 0.2) is 0 Å². The molecule has 0 spiro atoms. The molecule has 2 rings (SSSR count). The van der Waals surface area contributed by atoms with Crippen molar-refractivity contribution < 1.29 is 4.39 Å². The maximum absolute atomic E-state index is 13.9. The van der Waals surface area contributed by atoms with Crippen LogP contribution in [-0.4, -0.2) is 18.0 Å². The molecule has 0 amide bonds. The minimum atomic E-state index is -0.0225. The van der Waals surface area contributed by atoms with E-state index >= 15 is 0 Å². The van der Waals surface area contributed by atoms with E-state index in [0.717, 1.165) is 38.0 Å². The largest absolute Gasteiger partial charge is 0.299 e. The van der Waals surface area contributed by atoms with Gasteiger partial charge in [-0.3, -0.25) is 4.90 Å². The molecular formula is C15H22FN. The fraction of sp³-hybridized carbons (Fsp3) is 0.600. The van der Waals surface area contributed by atoms with Gasteiger partial charge in [-0.1, -0.05) is 26.8 Å². The van der Waals surface area contributed by atoms with Gasteiger partial charge in [-0.2, -0.15) is 0 Å². The number of likely N-dealkylation sites (N-methyl/N-ethyl adjacent to an activating group) is 1. The molecule has 1 aromatic rings. The summed E-state index contributed by atoms with van der Waals surface area (Å²) in [6.45, 7) is 9.43. The predicted octanol–water partition coefficient (Wildman–Crippen LogP) is 3.40. The Morgan fingerprint density at radius 3 is 2.71 bits per heavy atom. The second kappa shape index (κ2) is 5.18. The molecule has 1 aliphatic heterocycles. The molecular weight excluding hydrogens is 213 g/mol. The fourth-order valence-corrected chi connectivity index (χ4v) is 2.67. The van der Waals surface area contributed by atoms with Gasteiger partial charge in [-0.15, -0.1) is 0 Å². The summed E-state index contributed by atoms with van der Waals surface area (Å²) < 4.78 is 13.9. The molecule has 0 aliphatic carbocycles. The Morgan fingerprint density at radius 2 is 2.06 bits per heavy atom. The second-order valence-corrected chi connectivity index (χ2v) is 5.38. The lowest BCUT2D eigenvalue weighted by atomic mass is 9.90. The Kier molecular flexibility index (Phi) is 3.82. The molecule has 17 heavy (non-hydrogen) atoms. The van der Waals surface area contributed by atoms with E-state index in [1.165, 1.54) is 11.1 Å². The molecule has 0 saturated carbocycles. The van der Waals surface area contributed by atoms with Crippen molar-refractivity contribution >= 4 is 0 Å². The van der Waals surface area contributed by atoms with E-state index < -0.39 is 0 Å². The molecule has 0 unspecified atom stereocenters. The van der Waals surface area contributed by atoms with Gasteiger partial charge in [0, 0.05) is 18.7 Å². The number of fused-ring (bicyclic) bond motifs is 1. The summed E-state index contributed by atoms with van der Waals surface area (Å²) in [6.07, 6.45) is 2.07. The average Bonchev–Trinajstić information content (AvgIpc) is 2.32. The van der Waals surface area contributed by atoms with Crippen LogP contribution in [0, 0.1) is 11.7 Å². The molecule has 1 aliphatic rings. The van der Waals surface area contributed by atoms with Gasteiger partial charge in [0.25, 0.3) is 0 Å². The van der Waals surface area contributed by atoms with Gasteiger partial charge in [0.1, 0.15) is 5.82 Å². The molecule has 0 fully saturated rings. The van der Waals surface area contributed by atoms with Crippen LogP contribution in [0.4, 0.5) is 4.39 Å². The van der Waals surface area contributed by atoms with E-state index in [0.29, 0.717) is 5.92 Å². The van der Waals surface area contributed by atoms with Crippen molar-refractivity contribution in [3.05, 3.63) is 34.6 Å². The number of hydrogen-bond acceptors (Lipinski definition) is 1. The van der Waals surface area contributed by atoms with E-state index in [1.54, 1.807) is 6.07 Å². The summed E-state index contributed by atoms with van der Waals surface area (Å²) in [6, 6.07) is 3.63. The molecule has 1 heterocycles. The van der Waals surface area contributed by atoms with Crippen LogP contribution in [0.2, 0.25) is 0 Å². The lowest BCUT2D eigenvalue weighted by Crippen LogP contribution is -2.31. The minimum Gasteiger partial charge on any atom is -0.299 e. The monoisotopic (exact) mass is 235 g/mol. The first-order valence-electron chi connectivity index (χ1n) is 6.63. The van der Waals surface area contributed by atoms with E-state index in [9.17, 15) is 4.39 Å². The zero-order chi connectivity index (χ0) is 12.4. The molecule has 0 aromatic heterocycles. The quantitative estimate of drug-likeness (QED) is 0.776. The van der Waals surface area contributed by atoms with Crippen LogP contribution in [0.1, 0.15) is 37.5 Å². The summed E-state index contributed by atoms with van der Waals surface area (Å²) in [5.41, 5.74) is 3.58. The normalized spacial score (nSPS) is 16.3. The molecule has 0 N–H and O–H groups in total. The highest BCUT2D eigenvalue weighted by Crippen LogP contribution is 2.26. The second-order valence-electron chi connectivity index (χ2n) is 5.38. The first-order valence-corrected chi connectivity index (χ1v) is 6.63. The molecule has 0 radical (unpaired) electrons. The summed E-state index contributed by atoms with van der Waals surface area (Å²) in [5.74, 6) is 0.611. The van der Waals surface area contributed by atoms with Crippen molar-refractivity contribution in [1.29, 1.82) is 0 Å². The van der Waals surface area contributed by atoms with Crippen molar-refractivity contribution in [1.82, 2.24) is 4.90 Å². The molecule has 1 nitrogen and oxygen atoms in total. The average molecular weight is 235 g/mol. The Hall–Kier alpha value is -0.890. The summed E-state index contributed by atoms with van der Waals surface area (Å²) in [4.78, 5) is 2.31. The third kappa shape index (κ3) is 2.68. The fourth-order valence-electron chi connectivity index (χ4n) is 2.67. The lowest BCUT2D eigenvalue weighted by molar-refractivity contribution is 0.262. The zero-order valence-corrected chi connectivity index (χ0v) is 11.1. The SMILES string of the molecule is CCN1CCc2c(CC(C)C)ccc(F)c2C1. The maximum Gasteiger partial charge on any atom is 0.127 e. The van der Waals surface area contributed by atoms with Crippen molar-refractivity contribution in [3.8, 4) is 0 Å². The first-order chi connectivity index (χ1) is 8.11. The van der Waals surface area contributed by atoms with Crippen LogP contribution in [-0.2, 0) is 19.4 Å². The van der Waals surface area contributed by atoms with E-state index in [4.69, 9.17) is 0 Å². The Balaban J connectivity index is 2.34. The Bertz CT molecular complexity index is 398. The number of hydrogen-bond donors (Lipinski definition) is 0. The van der Waals surface area contributed by atoms with E-state index in [1.807, 2.05) is 6.07 Å². The number of rotatable bonds is 3. The van der Waals surface area contributed by atoms with Gasteiger partial charge in [0.2, 0.25) is 0 Å². The summed E-state index contributed by atoms with van der Waals surface area (Å²) >= 11 is 0. The third-order valence-electron chi connectivity index (χ3n) is 3.61. The van der Waals surface area contributed by atoms with Gasteiger partial charge in [-0.05, 0) is 42.5 Å². The first kappa shape index (κ1) is 12.6. The van der Waals surface area contributed by atoms with Gasteiger partial charge in [0.05, 0.1) is 0 Å². The highest BCUT2D eigenvalue weighted by molar-refractivity contribution is 5.38. The van der Waals surface area contributed by atoms with Crippen molar-refractivity contribution in [3.63, 3.8) is 0 Å². The number of halogens is 1. The molecule has 2 heteroatoms. The van der Waals surface area contributed by atoms with Crippen LogP contribution in [0.3, 0.4) is 0 Å². The maximum atomic E-state index is 13.9. The Morgan fingerprint density at radius 1 is 1.29 bits per heavy atom. The van der Waals surface area contributed by atoms with Gasteiger partial charge < -0.3 is 0 Å². The minimum absolute atomic E-state index is 0.0225. The number of nitrogens with zero attached hydrogens (tertiary/aromatic N) is 1. The highest BCUT2D eigenvalue weighted by Gasteiger charge is 2.21. The van der Waals surface area contributed by atoms with Gasteiger partial charge in [-0.25, -0.2) is 4.39 Å². The number of benzene rings is 1. The van der Waals surface area contributed by atoms with Crippen molar-refractivity contribution in [2.45, 2.75) is 40.2 Å². The van der Waals surface area contributed by atoms with E-state index in [2.05, 4.69) is 25.7 Å². The standard InChI is InChI=1S/C15H22FN/c1-4-17-8-7-13-12(9-11(2)3)5-6-15(16)14(13)10-17/h5-6,11H,4,7-10H2,1-3H3. The smallest absolute Gasteiger partial charge is 0.127 e. The Labute approximate surface area is 104 Å². The van der Waals surface area contributed by atoms with Crippen LogP contribution in [0.25, 0.3) is 0 Å². The molecule has 0 bridgehead atoms. The van der Waals surface area contributed by atoms with E-state index in [-0.39, 0.29) is 5.82 Å². The zero-order valence-electron chi connectivity index (χ0n) is 11.1. The van der Waals surface area contributed by atoms with Crippen molar-refractivity contribution in [2.24, 2.45) is 5.92 Å². The van der Waals surface area contributed by atoms with Gasteiger partial charge >= 0.3 is 0 Å². The lowest BCUT2D eigenvalue weighted by Gasteiger charge is -2.29. The third-order valence-corrected chi connectivity index (χ3v) is 3.61. The molecule has 0 saturated heterocycles. The highest BCUT2D eigenvalue weighted by atomic mass is 19.1. The topological polar surface area (TPSA) is 3.24 Å². The molecule has 94 valence electrons. The molecule has 1 aromatic carbocycles. The molecule has 0 atom stereocenters. The summed E-state index contributed by atoms with van der Waals surface area (Å²) in [7, 11) is 0. The van der Waals surface area contributed by atoms with Crippen LogP contribution in [0.5, 0.6) is 0 Å².